The van der Waals surface area contributed by atoms with Gasteiger partial charge < -0.3 is 14.2 Å². The van der Waals surface area contributed by atoms with Crippen LogP contribution in [0.25, 0.3) is 0 Å². The molecule has 0 saturated heterocycles. The number of carbonyl (C=O) groups excluding carboxylic acids is 3. The Bertz CT molecular complexity index is 611. The lowest BCUT2D eigenvalue weighted by Gasteiger charge is -2.38. The van der Waals surface area contributed by atoms with Crippen LogP contribution in [0.1, 0.15) is 109 Å². The molecule has 0 radical (unpaired) electrons. The molecule has 6 heteroatoms. The molecule has 0 saturated carbocycles. The van der Waals surface area contributed by atoms with E-state index in [9.17, 15) is 14.4 Å². The molecule has 0 amide bonds. The standard InChI is InChI=1S/C30H56O6/c1-26(2,3)19-30(20-34-16-13-23(31)27(4,5)6,21-35-17-14-24(32)28(7,8)9)22-36-18-15-25(33)29(10,11)12/h13-22H2,1-12H3. The van der Waals surface area contributed by atoms with Gasteiger partial charge in [-0.3, -0.25) is 14.4 Å². The Labute approximate surface area is 221 Å². The Hall–Kier alpha value is -1.11. The van der Waals surface area contributed by atoms with Crippen LogP contribution in [-0.4, -0.2) is 57.0 Å². The summed E-state index contributed by atoms with van der Waals surface area (Å²) in [5.74, 6) is 0.494. The number of ketones is 3. The van der Waals surface area contributed by atoms with E-state index in [1.165, 1.54) is 0 Å². The van der Waals surface area contributed by atoms with E-state index < -0.39 is 21.7 Å². The van der Waals surface area contributed by atoms with E-state index in [4.69, 9.17) is 14.2 Å². The summed E-state index contributed by atoms with van der Waals surface area (Å²) in [6, 6.07) is 0. The first kappa shape index (κ1) is 34.9. The van der Waals surface area contributed by atoms with Crippen molar-refractivity contribution >= 4 is 17.3 Å². The van der Waals surface area contributed by atoms with Crippen molar-refractivity contribution in [3.8, 4) is 0 Å². The van der Waals surface area contributed by atoms with Crippen molar-refractivity contribution in [1.82, 2.24) is 0 Å². The van der Waals surface area contributed by atoms with Crippen LogP contribution in [-0.2, 0) is 28.6 Å². The van der Waals surface area contributed by atoms with Gasteiger partial charge in [-0.2, -0.15) is 0 Å². The van der Waals surface area contributed by atoms with Crippen LogP contribution in [0.5, 0.6) is 0 Å². The average Bonchev–Trinajstić information content (AvgIpc) is 2.67. The minimum Gasteiger partial charge on any atom is -0.380 e. The first-order valence-corrected chi connectivity index (χ1v) is 13.4. The normalized spacial score (nSPS) is 13.7. The molecular formula is C30H56O6. The Kier molecular flexibility index (Phi) is 13.7. The minimum atomic E-state index is -0.460. The molecule has 0 heterocycles. The highest BCUT2D eigenvalue weighted by molar-refractivity contribution is 5.84. The molecule has 0 N–H and O–H groups in total. The summed E-state index contributed by atoms with van der Waals surface area (Å²) in [7, 11) is 0. The first-order chi connectivity index (χ1) is 16.1. The zero-order chi connectivity index (χ0) is 28.4. The predicted octanol–water partition coefficient (Wildman–Crippen LogP) is 6.47. The van der Waals surface area contributed by atoms with Gasteiger partial charge in [0.1, 0.15) is 17.3 Å². The van der Waals surface area contributed by atoms with Crippen LogP contribution >= 0.6 is 0 Å². The molecule has 0 aliphatic carbocycles. The van der Waals surface area contributed by atoms with Crippen LogP contribution in [0, 0.1) is 27.1 Å². The third-order valence-corrected chi connectivity index (χ3v) is 6.06. The largest absolute Gasteiger partial charge is 0.380 e. The van der Waals surface area contributed by atoms with Gasteiger partial charge in [-0.25, -0.2) is 0 Å². The van der Waals surface area contributed by atoms with Gasteiger partial charge in [-0.05, 0) is 11.8 Å². The maximum absolute atomic E-state index is 12.3. The lowest BCUT2D eigenvalue weighted by Crippen LogP contribution is -2.41. The highest BCUT2D eigenvalue weighted by atomic mass is 16.5. The fourth-order valence-electron chi connectivity index (χ4n) is 3.89. The number of hydrogen-bond acceptors (Lipinski definition) is 6. The second-order valence-electron chi connectivity index (χ2n) is 14.7. The van der Waals surface area contributed by atoms with E-state index in [0.717, 1.165) is 6.42 Å². The summed E-state index contributed by atoms with van der Waals surface area (Å²) < 4.78 is 18.2. The van der Waals surface area contributed by atoms with Crippen LogP contribution in [0.3, 0.4) is 0 Å². The first-order valence-electron chi connectivity index (χ1n) is 13.4. The number of Topliss-reactive ketones (excluding diaryl/α,β-unsaturated/α-hetero) is 3. The zero-order valence-corrected chi connectivity index (χ0v) is 25.5. The van der Waals surface area contributed by atoms with Crippen molar-refractivity contribution in [2.75, 3.05) is 39.6 Å². The van der Waals surface area contributed by atoms with Gasteiger partial charge in [0.2, 0.25) is 0 Å². The van der Waals surface area contributed by atoms with Crippen molar-refractivity contribution in [3.63, 3.8) is 0 Å². The van der Waals surface area contributed by atoms with Gasteiger partial charge in [0, 0.05) is 40.9 Å². The third-order valence-electron chi connectivity index (χ3n) is 6.06. The average molecular weight is 513 g/mol. The lowest BCUT2D eigenvalue weighted by molar-refractivity contribution is -0.130. The van der Waals surface area contributed by atoms with E-state index >= 15 is 0 Å². The van der Waals surface area contributed by atoms with Gasteiger partial charge in [0.25, 0.3) is 0 Å². The van der Waals surface area contributed by atoms with Crippen molar-refractivity contribution in [2.24, 2.45) is 27.1 Å². The molecular weight excluding hydrogens is 456 g/mol. The van der Waals surface area contributed by atoms with Gasteiger partial charge in [0.15, 0.2) is 0 Å². The summed E-state index contributed by atoms with van der Waals surface area (Å²) in [5, 5.41) is 0. The number of carbonyl (C=O) groups is 3. The number of rotatable bonds is 16. The van der Waals surface area contributed by atoms with Crippen molar-refractivity contribution < 1.29 is 28.6 Å². The molecule has 0 aromatic carbocycles. The zero-order valence-electron chi connectivity index (χ0n) is 25.5. The molecule has 0 atom stereocenters. The molecule has 0 bridgehead atoms. The van der Waals surface area contributed by atoms with E-state index in [0.29, 0.717) is 58.9 Å². The Balaban J connectivity index is 5.38. The topological polar surface area (TPSA) is 78.9 Å². The summed E-state index contributed by atoms with van der Waals surface area (Å²) in [5.41, 5.74) is -1.66. The molecule has 0 aliphatic rings. The van der Waals surface area contributed by atoms with Gasteiger partial charge in [-0.15, -0.1) is 0 Å². The summed E-state index contributed by atoms with van der Waals surface area (Å²) in [6.45, 7) is 25.9. The predicted molar refractivity (Wildman–Crippen MR) is 146 cm³/mol. The van der Waals surface area contributed by atoms with Gasteiger partial charge in [0.05, 0.1) is 39.6 Å². The summed E-state index contributed by atoms with van der Waals surface area (Å²) in [6.07, 6.45) is 1.85. The molecule has 36 heavy (non-hydrogen) atoms. The number of hydrogen-bond donors (Lipinski definition) is 0. The van der Waals surface area contributed by atoms with E-state index in [1.54, 1.807) is 0 Å². The molecule has 6 nitrogen and oxygen atoms in total. The maximum atomic E-state index is 12.3. The fraction of sp³-hybridized carbons (Fsp3) is 0.900. The molecule has 0 aromatic heterocycles. The van der Waals surface area contributed by atoms with Crippen LogP contribution in [0.2, 0.25) is 0 Å². The smallest absolute Gasteiger partial charge is 0.140 e. The maximum Gasteiger partial charge on any atom is 0.140 e. The SMILES string of the molecule is CC(C)(C)CC(COCCC(=O)C(C)(C)C)(COCCC(=O)C(C)(C)C)COCCC(=O)C(C)(C)C. The molecule has 0 fully saturated rings. The summed E-state index contributed by atoms with van der Waals surface area (Å²) >= 11 is 0. The van der Waals surface area contributed by atoms with Crippen LogP contribution < -0.4 is 0 Å². The van der Waals surface area contributed by atoms with Gasteiger partial charge >= 0.3 is 0 Å². The second kappa shape index (κ2) is 14.2. The molecule has 0 aromatic rings. The second-order valence-corrected chi connectivity index (χ2v) is 14.7. The van der Waals surface area contributed by atoms with Crippen molar-refractivity contribution in [3.05, 3.63) is 0 Å². The van der Waals surface area contributed by atoms with Crippen molar-refractivity contribution in [1.29, 1.82) is 0 Å². The third kappa shape index (κ3) is 15.2. The monoisotopic (exact) mass is 512 g/mol. The van der Waals surface area contributed by atoms with Crippen molar-refractivity contribution in [2.45, 2.75) is 109 Å². The Morgan fingerprint density at radius 1 is 0.472 bits per heavy atom. The summed E-state index contributed by atoms with van der Waals surface area (Å²) in [4.78, 5) is 37.0. The Morgan fingerprint density at radius 2 is 0.722 bits per heavy atom. The van der Waals surface area contributed by atoms with E-state index in [1.807, 2.05) is 62.3 Å². The van der Waals surface area contributed by atoms with Gasteiger partial charge in [-0.1, -0.05) is 83.1 Å². The number of ether oxygens (including phenoxy) is 3. The van der Waals surface area contributed by atoms with E-state index in [2.05, 4.69) is 20.8 Å². The van der Waals surface area contributed by atoms with Crippen LogP contribution in [0.4, 0.5) is 0 Å². The fourth-order valence-corrected chi connectivity index (χ4v) is 3.89. The quantitative estimate of drug-likeness (QED) is 0.220. The highest BCUT2D eigenvalue weighted by Crippen LogP contribution is 2.35. The minimum absolute atomic E-state index is 0.0280. The lowest BCUT2D eigenvalue weighted by atomic mass is 9.75. The molecule has 0 spiro atoms. The molecule has 212 valence electrons. The van der Waals surface area contributed by atoms with Crippen LogP contribution in [0.15, 0.2) is 0 Å². The van der Waals surface area contributed by atoms with E-state index in [-0.39, 0.29) is 22.8 Å². The Morgan fingerprint density at radius 3 is 0.917 bits per heavy atom. The molecule has 0 rings (SSSR count). The molecule has 0 aliphatic heterocycles. The highest BCUT2D eigenvalue weighted by Gasteiger charge is 2.37. The molecule has 0 unspecified atom stereocenters.